The summed E-state index contributed by atoms with van der Waals surface area (Å²) in [4.78, 5) is 27.8. The molecule has 192 valence electrons. The van der Waals surface area contributed by atoms with Gasteiger partial charge in [0.2, 0.25) is 5.91 Å². The Morgan fingerprint density at radius 2 is 1.69 bits per heavy atom. The molecular weight excluding hydrogens is 518 g/mol. The monoisotopic (exact) mass is 553 g/mol. The van der Waals surface area contributed by atoms with Crippen LogP contribution in [-0.4, -0.2) is 39.7 Å². The minimum absolute atomic E-state index is 0.0799. The van der Waals surface area contributed by atoms with E-state index in [2.05, 4.69) is 53.4 Å². The second kappa shape index (κ2) is 11.3. The summed E-state index contributed by atoms with van der Waals surface area (Å²) >= 11 is 3.40. The number of halogens is 1. The number of amides is 3. The van der Waals surface area contributed by atoms with Crippen molar-refractivity contribution >= 4 is 39.4 Å². The number of anilines is 2. The normalized spacial score (nSPS) is 11.5. The molecule has 1 aromatic heterocycles. The quantitative estimate of drug-likeness (QED) is 0.342. The van der Waals surface area contributed by atoms with Gasteiger partial charge in [-0.3, -0.25) is 4.79 Å². The first-order valence-electron chi connectivity index (χ1n) is 12.1. The van der Waals surface area contributed by atoms with E-state index in [4.69, 9.17) is 5.10 Å². The van der Waals surface area contributed by atoms with Gasteiger partial charge in [-0.05, 0) is 55.7 Å². The van der Waals surface area contributed by atoms with Crippen LogP contribution in [0.2, 0.25) is 0 Å². The van der Waals surface area contributed by atoms with E-state index in [0.717, 1.165) is 27.0 Å². The minimum Gasteiger partial charge on any atom is -0.315 e. The SMILES string of the molecule is Cc1ccc(-n2nc(C(C)(C)C)cc2NC(=O)CN(CC(C)C)C(=O)Nc2ccc(Br)cc2)c(C)c1. The highest BCUT2D eigenvalue weighted by molar-refractivity contribution is 9.10. The van der Waals surface area contributed by atoms with Gasteiger partial charge in [-0.1, -0.05) is 68.2 Å². The Balaban J connectivity index is 1.84. The van der Waals surface area contributed by atoms with Gasteiger partial charge in [-0.15, -0.1) is 0 Å². The molecule has 0 radical (unpaired) electrons. The van der Waals surface area contributed by atoms with Crippen molar-refractivity contribution in [3.05, 3.63) is 69.8 Å². The van der Waals surface area contributed by atoms with Gasteiger partial charge in [0.15, 0.2) is 0 Å². The molecule has 3 aromatic rings. The number of rotatable bonds is 7. The first kappa shape index (κ1) is 27.5. The van der Waals surface area contributed by atoms with Crippen LogP contribution in [0.25, 0.3) is 5.69 Å². The van der Waals surface area contributed by atoms with Crippen molar-refractivity contribution in [3.63, 3.8) is 0 Å². The van der Waals surface area contributed by atoms with Crippen LogP contribution in [-0.2, 0) is 10.2 Å². The summed E-state index contributed by atoms with van der Waals surface area (Å²) in [5.41, 5.74) is 4.45. The van der Waals surface area contributed by atoms with E-state index in [9.17, 15) is 9.59 Å². The average molecular weight is 555 g/mol. The van der Waals surface area contributed by atoms with Crippen LogP contribution in [0.3, 0.4) is 0 Å². The zero-order valence-corrected chi connectivity index (χ0v) is 23.7. The summed E-state index contributed by atoms with van der Waals surface area (Å²) in [6.45, 7) is 14.7. The topological polar surface area (TPSA) is 79.3 Å². The number of aryl methyl sites for hydroxylation is 2. The fraction of sp³-hybridized carbons (Fsp3) is 0.393. The Labute approximate surface area is 222 Å². The smallest absolute Gasteiger partial charge is 0.315 e. The van der Waals surface area contributed by atoms with E-state index in [1.54, 1.807) is 4.68 Å². The van der Waals surface area contributed by atoms with Gasteiger partial charge in [0.05, 0.1) is 11.4 Å². The molecule has 1 heterocycles. The molecule has 0 unspecified atom stereocenters. The highest BCUT2D eigenvalue weighted by atomic mass is 79.9. The lowest BCUT2D eigenvalue weighted by atomic mass is 9.92. The summed E-state index contributed by atoms with van der Waals surface area (Å²) in [6.07, 6.45) is 0. The molecule has 0 aliphatic heterocycles. The van der Waals surface area contributed by atoms with Crippen molar-refractivity contribution in [1.29, 1.82) is 0 Å². The number of nitrogens with one attached hydrogen (secondary N) is 2. The van der Waals surface area contributed by atoms with Crippen LogP contribution < -0.4 is 10.6 Å². The predicted molar refractivity (Wildman–Crippen MR) is 150 cm³/mol. The first-order valence-corrected chi connectivity index (χ1v) is 12.9. The zero-order chi connectivity index (χ0) is 26.6. The largest absolute Gasteiger partial charge is 0.322 e. The van der Waals surface area contributed by atoms with Crippen molar-refractivity contribution in [2.24, 2.45) is 5.92 Å². The van der Waals surface area contributed by atoms with Gasteiger partial charge < -0.3 is 15.5 Å². The van der Waals surface area contributed by atoms with Gasteiger partial charge >= 0.3 is 6.03 Å². The lowest BCUT2D eigenvalue weighted by molar-refractivity contribution is -0.116. The molecule has 0 aliphatic rings. The number of carbonyl (C=O) groups is 2. The molecule has 3 rings (SSSR count). The fourth-order valence-electron chi connectivity index (χ4n) is 3.81. The standard InChI is InChI=1S/C28H36BrN5O2/c1-18(2)16-33(27(36)30-22-11-9-21(29)10-12-22)17-26(35)31-25-15-24(28(5,6)7)32-34(25)23-13-8-19(3)14-20(23)4/h8-15,18H,16-17H2,1-7H3,(H,30,36)(H,31,35). The molecular formula is C28H36BrN5O2. The molecule has 0 saturated carbocycles. The van der Waals surface area contributed by atoms with Gasteiger partial charge in [0.25, 0.3) is 0 Å². The molecule has 0 saturated heterocycles. The van der Waals surface area contributed by atoms with Crippen molar-refractivity contribution in [2.45, 2.75) is 53.9 Å². The van der Waals surface area contributed by atoms with Gasteiger partial charge in [-0.2, -0.15) is 5.10 Å². The molecule has 36 heavy (non-hydrogen) atoms. The number of benzene rings is 2. The minimum atomic E-state index is -0.320. The summed E-state index contributed by atoms with van der Waals surface area (Å²) < 4.78 is 2.70. The lowest BCUT2D eigenvalue weighted by Crippen LogP contribution is -2.42. The van der Waals surface area contributed by atoms with Crippen molar-refractivity contribution in [1.82, 2.24) is 14.7 Å². The maximum atomic E-state index is 13.2. The molecule has 3 amide bonds. The maximum absolute atomic E-state index is 13.2. The molecule has 0 spiro atoms. The van der Waals surface area contributed by atoms with Crippen LogP contribution in [0, 0.1) is 19.8 Å². The van der Waals surface area contributed by atoms with E-state index < -0.39 is 0 Å². The average Bonchev–Trinajstić information content (AvgIpc) is 3.18. The summed E-state index contributed by atoms with van der Waals surface area (Å²) in [6, 6.07) is 15.1. The number of nitrogens with zero attached hydrogens (tertiary/aromatic N) is 3. The molecule has 0 bridgehead atoms. The second-order valence-corrected chi connectivity index (χ2v) is 11.5. The maximum Gasteiger partial charge on any atom is 0.322 e. The van der Waals surface area contributed by atoms with Crippen LogP contribution in [0.1, 0.15) is 51.4 Å². The summed E-state index contributed by atoms with van der Waals surface area (Å²) in [7, 11) is 0. The number of aromatic nitrogens is 2. The van der Waals surface area contributed by atoms with E-state index in [-0.39, 0.29) is 29.8 Å². The summed E-state index contributed by atoms with van der Waals surface area (Å²) in [5.74, 6) is 0.490. The molecule has 8 heteroatoms. The molecule has 7 nitrogen and oxygen atoms in total. The van der Waals surface area contributed by atoms with Crippen LogP contribution in [0.5, 0.6) is 0 Å². The van der Waals surface area contributed by atoms with E-state index in [1.807, 2.05) is 70.2 Å². The third kappa shape index (κ3) is 7.20. The number of carbonyl (C=O) groups excluding carboxylic acids is 2. The van der Waals surface area contributed by atoms with Crippen LogP contribution in [0.4, 0.5) is 16.3 Å². The fourth-order valence-corrected chi connectivity index (χ4v) is 4.08. The molecule has 2 N–H and O–H groups in total. The van der Waals surface area contributed by atoms with E-state index in [1.165, 1.54) is 4.90 Å². The Kier molecular flexibility index (Phi) is 8.61. The van der Waals surface area contributed by atoms with Crippen LogP contribution in [0.15, 0.2) is 53.0 Å². The first-order chi connectivity index (χ1) is 16.8. The molecule has 0 fully saturated rings. The van der Waals surface area contributed by atoms with Crippen molar-refractivity contribution in [2.75, 3.05) is 23.7 Å². The Morgan fingerprint density at radius 1 is 1.03 bits per heavy atom. The predicted octanol–water partition coefficient (Wildman–Crippen LogP) is 6.68. The summed E-state index contributed by atoms with van der Waals surface area (Å²) in [5, 5.41) is 10.7. The number of hydrogen-bond acceptors (Lipinski definition) is 3. The van der Waals surface area contributed by atoms with Gasteiger partial charge in [-0.25, -0.2) is 9.48 Å². The number of urea groups is 1. The number of hydrogen-bond donors (Lipinski definition) is 2. The van der Waals surface area contributed by atoms with Crippen molar-refractivity contribution < 1.29 is 9.59 Å². The van der Waals surface area contributed by atoms with Crippen molar-refractivity contribution in [3.8, 4) is 5.69 Å². The van der Waals surface area contributed by atoms with E-state index >= 15 is 0 Å². The Bertz CT molecular complexity index is 1230. The Hall–Kier alpha value is -3.13. The second-order valence-electron chi connectivity index (χ2n) is 10.6. The van der Waals surface area contributed by atoms with Gasteiger partial charge in [0.1, 0.15) is 12.4 Å². The van der Waals surface area contributed by atoms with Crippen LogP contribution >= 0.6 is 15.9 Å². The lowest BCUT2D eigenvalue weighted by Gasteiger charge is -2.24. The third-order valence-corrected chi connectivity index (χ3v) is 6.16. The van der Waals surface area contributed by atoms with E-state index in [0.29, 0.717) is 18.1 Å². The third-order valence-electron chi connectivity index (χ3n) is 5.63. The van der Waals surface area contributed by atoms with Gasteiger partial charge in [0, 0.05) is 28.2 Å². The highest BCUT2D eigenvalue weighted by Gasteiger charge is 2.24. The Morgan fingerprint density at radius 3 is 2.28 bits per heavy atom. The molecule has 0 aliphatic carbocycles. The highest BCUT2D eigenvalue weighted by Crippen LogP contribution is 2.28. The zero-order valence-electron chi connectivity index (χ0n) is 22.1. The molecule has 2 aromatic carbocycles. The molecule has 0 atom stereocenters.